The number of ether oxygens (including phenoxy) is 1. The molecular formula is C14H22N2O2. The Labute approximate surface area is 109 Å². The molecule has 3 N–H and O–H groups in total. The molecule has 0 aliphatic heterocycles. The first-order chi connectivity index (χ1) is 8.58. The van der Waals surface area contributed by atoms with Crippen molar-refractivity contribution >= 4 is 11.6 Å². The Kier molecular flexibility index (Phi) is 5.65. The number of nitrogens with one attached hydrogen (secondary N) is 1. The summed E-state index contributed by atoms with van der Waals surface area (Å²) in [6.45, 7) is 4.04. The van der Waals surface area contributed by atoms with Gasteiger partial charge in [-0.2, -0.15) is 0 Å². The standard InChI is InChI=1S/C14H22N2O2/c1-4-5-6-11(15)14(17)16-12-9-10(2)7-8-13(12)18-3/h7-9,11H,4-6,15H2,1-3H3,(H,16,17). The topological polar surface area (TPSA) is 64.4 Å². The van der Waals surface area contributed by atoms with E-state index < -0.39 is 6.04 Å². The van der Waals surface area contributed by atoms with Crippen LogP contribution in [0, 0.1) is 6.92 Å². The number of hydrogen-bond donors (Lipinski definition) is 2. The normalized spacial score (nSPS) is 12.0. The lowest BCUT2D eigenvalue weighted by Gasteiger charge is -2.14. The van der Waals surface area contributed by atoms with Gasteiger partial charge in [0.05, 0.1) is 18.8 Å². The van der Waals surface area contributed by atoms with Gasteiger partial charge in [0.15, 0.2) is 0 Å². The molecule has 1 aromatic rings. The number of hydrogen-bond acceptors (Lipinski definition) is 3. The highest BCUT2D eigenvalue weighted by Crippen LogP contribution is 2.25. The highest BCUT2D eigenvalue weighted by Gasteiger charge is 2.14. The summed E-state index contributed by atoms with van der Waals surface area (Å²) in [7, 11) is 1.58. The van der Waals surface area contributed by atoms with Crippen LogP contribution in [0.5, 0.6) is 5.75 Å². The van der Waals surface area contributed by atoms with Crippen molar-refractivity contribution in [3.63, 3.8) is 0 Å². The van der Waals surface area contributed by atoms with Crippen molar-refractivity contribution in [3.05, 3.63) is 23.8 Å². The molecule has 4 nitrogen and oxygen atoms in total. The van der Waals surface area contributed by atoms with E-state index in [4.69, 9.17) is 10.5 Å². The molecule has 0 aromatic heterocycles. The van der Waals surface area contributed by atoms with Crippen molar-refractivity contribution in [1.82, 2.24) is 0 Å². The summed E-state index contributed by atoms with van der Waals surface area (Å²) in [5.41, 5.74) is 7.57. The number of rotatable bonds is 6. The largest absolute Gasteiger partial charge is 0.495 e. The summed E-state index contributed by atoms with van der Waals surface area (Å²) in [6, 6.07) is 5.19. The van der Waals surface area contributed by atoms with Crippen LogP contribution in [0.4, 0.5) is 5.69 Å². The molecule has 0 radical (unpaired) electrons. The van der Waals surface area contributed by atoms with E-state index >= 15 is 0 Å². The third-order valence-electron chi connectivity index (χ3n) is 2.82. The van der Waals surface area contributed by atoms with E-state index in [9.17, 15) is 4.79 Å². The summed E-state index contributed by atoms with van der Waals surface area (Å²) < 4.78 is 5.21. The second-order valence-corrected chi connectivity index (χ2v) is 4.44. The number of anilines is 1. The van der Waals surface area contributed by atoms with Gasteiger partial charge in [0.2, 0.25) is 5.91 Å². The highest BCUT2D eigenvalue weighted by atomic mass is 16.5. The molecule has 0 saturated carbocycles. The molecule has 0 heterocycles. The van der Waals surface area contributed by atoms with E-state index in [1.54, 1.807) is 7.11 Å². The molecule has 1 rings (SSSR count). The Morgan fingerprint density at radius 2 is 2.22 bits per heavy atom. The maximum atomic E-state index is 11.9. The Balaban J connectivity index is 2.71. The molecule has 0 saturated heterocycles. The van der Waals surface area contributed by atoms with Crippen molar-refractivity contribution in [3.8, 4) is 5.75 Å². The SMILES string of the molecule is CCCCC(N)C(=O)Nc1cc(C)ccc1OC. The van der Waals surface area contributed by atoms with Gasteiger partial charge in [-0.05, 0) is 31.0 Å². The van der Waals surface area contributed by atoms with Crippen LogP contribution in [-0.4, -0.2) is 19.1 Å². The molecule has 1 amide bonds. The van der Waals surface area contributed by atoms with Gasteiger partial charge in [-0.25, -0.2) is 0 Å². The van der Waals surface area contributed by atoms with Crippen LogP contribution in [0.1, 0.15) is 31.7 Å². The van der Waals surface area contributed by atoms with Gasteiger partial charge in [0.1, 0.15) is 5.75 Å². The first kappa shape index (κ1) is 14.5. The Morgan fingerprint density at radius 1 is 1.50 bits per heavy atom. The molecule has 100 valence electrons. The minimum absolute atomic E-state index is 0.160. The number of unbranched alkanes of at least 4 members (excludes halogenated alkanes) is 1. The second-order valence-electron chi connectivity index (χ2n) is 4.44. The molecule has 0 spiro atoms. The van der Waals surface area contributed by atoms with E-state index in [-0.39, 0.29) is 5.91 Å². The van der Waals surface area contributed by atoms with Crippen molar-refractivity contribution in [1.29, 1.82) is 0 Å². The molecule has 4 heteroatoms. The monoisotopic (exact) mass is 250 g/mol. The number of aryl methyl sites for hydroxylation is 1. The summed E-state index contributed by atoms with van der Waals surface area (Å²) in [4.78, 5) is 11.9. The van der Waals surface area contributed by atoms with E-state index in [1.165, 1.54) is 0 Å². The zero-order chi connectivity index (χ0) is 13.5. The van der Waals surface area contributed by atoms with Crippen LogP contribution in [-0.2, 0) is 4.79 Å². The molecule has 0 aliphatic carbocycles. The molecular weight excluding hydrogens is 228 g/mol. The third-order valence-corrected chi connectivity index (χ3v) is 2.82. The third kappa shape index (κ3) is 4.04. The molecule has 18 heavy (non-hydrogen) atoms. The second kappa shape index (κ2) is 7.01. The predicted molar refractivity (Wildman–Crippen MR) is 73.9 cm³/mol. The van der Waals surface area contributed by atoms with E-state index in [0.29, 0.717) is 17.9 Å². The van der Waals surface area contributed by atoms with Crippen LogP contribution in [0.2, 0.25) is 0 Å². The highest BCUT2D eigenvalue weighted by molar-refractivity contribution is 5.96. The van der Waals surface area contributed by atoms with Crippen molar-refractivity contribution in [2.45, 2.75) is 39.2 Å². The molecule has 0 bridgehead atoms. The molecule has 0 aliphatic rings. The van der Waals surface area contributed by atoms with E-state index in [0.717, 1.165) is 18.4 Å². The zero-order valence-electron chi connectivity index (χ0n) is 11.3. The van der Waals surface area contributed by atoms with Crippen LogP contribution >= 0.6 is 0 Å². The minimum Gasteiger partial charge on any atom is -0.495 e. The molecule has 0 fully saturated rings. The fraction of sp³-hybridized carbons (Fsp3) is 0.500. The van der Waals surface area contributed by atoms with Crippen molar-refractivity contribution < 1.29 is 9.53 Å². The van der Waals surface area contributed by atoms with Gasteiger partial charge in [0, 0.05) is 0 Å². The molecule has 1 unspecified atom stereocenters. The Morgan fingerprint density at radius 3 is 2.83 bits per heavy atom. The van der Waals surface area contributed by atoms with Gasteiger partial charge in [-0.15, -0.1) is 0 Å². The Bertz CT molecular complexity index is 405. The van der Waals surface area contributed by atoms with Crippen LogP contribution in [0.15, 0.2) is 18.2 Å². The predicted octanol–water partition coefficient (Wildman–Crippen LogP) is 2.46. The summed E-state index contributed by atoms with van der Waals surface area (Å²) >= 11 is 0. The van der Waals surface area contributed by atoms with Gasteiger partial charge >= 0.3 is 0 Å². The molecule has 1 atom stereocenters. The minimum atomic E-state index is -0.463. The van der Waals surface area contributed by atoms with Crippen molar-refractivity contribution in [2.75, 3.05) is 12.4 Å². The summed E-state index contributed by atoms with van der Waals surface area (Å²) in [5, 5.41) is 2.82. The lowest BCUT2D eigenvalue weighted by Crippen LogP contribution is -2.35. The summed E-state index contributed by atoms with van der Waals surface area (Å²) in [5.74, 6) is 0.490. The molecule has 1 aromatic carbocycles. The number of carbonyl (C=O) groups excluding carboxylic acids is 1. The first-order valence-corrected chi connectivity index (χ1v) is 6.29. The quantitative estimate of drug-likeness (QED) is 0.815. The van der Waals surface area contributed by atoms with Crippen LogP contribution < -0.4 is 15.8 Å². The zero-order valence-corrected chi connectivity index (χ0v) is 11.3. The number of benzene rings is 1. The average molecular weight is 250 g/mol. The summed E-state index contributed by atoms with van der Waals surface area (Å²) in [6.07, 6.45) is 2.70. The lowest BCUT2D eigenvalue weighted by molar-refractivity contribution is -0.117. The fourth-order valence-electron chi connectivity index (χ4n) is 1.70. The number of amides is 1. The van der Waals surface area contributed by atoms with Gasteiger partial charge in [0.25, 0.3) is 0 Å². The lowest BCUT2D eigenvalue weighted by atomic mass is 10.1. The smallest absolute Gasteiger partial charge is 0.241 e. The van der Waals surface area contributed by atoms with Gasteiger partial charge in [-0.1, -0.05) is 25.8 Å². The van der Waals surface area contributed by atoms with Crippen LogP contribution in [0.25, 0.3) is 0 Å². The van der Waals surface area contributed by atoms with Crippen molar-refractivity contribution in [2.24, 2.45) is 5.73 Å². The van der Waals surface area contributed by atoms with Crippen LogP contribution in [0.3, 0.4) is 0 Å². The van der Waals surface area contributed by atoms with Gasteiger partial charge < -0.3 is 15.8 Å². The fourth-order valence-corrected chi connectivity index (χ4v) is 1.70. The Hall–Kier alpha value is -1.55. The van der Waals surface area contributed by atoms with Gasteiger partial charge in [-0.3, -0.25) is 4.79 Å². The maximum absolute atomic E-state index is 11.9. The number of carbonyl (C=O) groups is 1. The maximum Gasteiger partial charge on any atom is 0.241 e. The van der Waals surface area contributed by atoms with E-state index in [2.05, 4.69) is 12.2 Å². The van der Waals surface area contributed by atoms with E-state index in [1.807, 2.05) is 25.1 Å². The number of nitrogens with two attached hydrogens (primary N) is 1. The first-order valence-electron chi connectivity index (χ1n) is 6.29. The average Bonchev–Trinajstić information content (AvgIpc) is 2.36. The number of methoxy groups -OCH3 is 1.